The molecular weight excluding hydrogens is 200 g/mol. The average molecular weight is 213 g/mol. The maximum Gasteiger partial charge on any atom is 0.226 e. The van der Waals surface area contributed by atoms with Crippen molar-refractivity contribution in [1.29, 1.82) is 0 Å². The Morgan fingerprint density at radius 3 is 2.79 bits per heavy atom. The molecule has 0 spiro atoms. The Hall–Kier alpha value is -1.09. The average Bonchev–Trinajstić information content (AvgIpc) is 2.33. The van der Waals surface area contributed by atoms with Gasteiger partial charge in [-0.1, -0.05) is 6.08 Å². The van der Waals surface area contributed by atoms with E-state index in [0.717, 1.165) is 17.0 Å². The molecule has 1 heterocycles. The van der Waals surface area contributed by atoms with Gasteiger partial charge in [-0.15, -0.1) is 6.58 Å². The van der Waals surface area contributed by atoms with E-state index in [-0.39, 0.29) is 11.7 Å². The van der Waals surface area contributed by atoms with Gasteiger partial charge in [0.2, 0.25) is 5.24 Å². The third-order valence-corrected chi connectivity index (χ3v) is 2.28. The van der Waals surface area contributed by atoms with Crippen molar-refractivity contribution in [1.82, 2.24) is 9.78 Å². The Labute approximate surface area is 88.4 Å². The molecule has 0 aliphatic rings. The smallest absolute Gasteiger partial charge is 0.226 e. The highest BCUT2D eigenvalue weighted by Gasteiger charge is 2.12. The summed E-state index contributed by atoms with van der Waals surface area (Å²) in [4.78, 5) is 10.8. The van der Waals surface area contributed by atoms with E-state index in [4.69, 9.17) is 11.6 Å². The largest absolute Gasteiger partial charge is 0.281 e. The standard InChI is InChI=1S/C10H13ClN2O/c1-4-5-13-8(3)9(6-10(11)14)7(2)12-13/h4H,1,5-6H2,2-3H3. The predicted molar refractivity (Wildman–Crippen MR) is 56.5 cm³/mol. The van der Waals surface area contributed by atoms with Gasteiger partial charge in [-0.2, -0.15) is 5.10 Å². The number of aryl methyl sites for hydroxylation is 1. The Bertz CT molecular complexity index is 368. The van der Waals surface area contributed by atoms with Crippen molar-refractivity contribution in [2.24, 2.45) is 0 Å². The van der Waals surface area contributed by atoms with Crippen molar-refractivity contribution < 1.29 is 4.79 Å². The summed E-state index contributed by atoms with van der Waals surface area (Å²) in [6.45, 7) is 8.10. The van der Waals surface area contributed by atoms with Gasteiger partial charge in [0.25, 0.3) is 0 Å². The summed E-state index contributed by atoms with van der Waals surface area (Å²) in [5, 5.41) is 3.94. The second kappa shape index (κ2) is 4.42. The molecule has 1 rings (SSSR count). The van der Waals surface area contributed by atoms with E-state index in [2.05, 4.69) is 11.7 Å². The zero-order valence-electron chi connectivity index (χ0n) is 8.38. The Morgan fingerprint density at radius 1 is 1.64 bits per heavy atom. The summed E-state index contributed by atoms with van der Waals surface area (Å²) < 4.78 is 1.82. The number of hydrogen-bond acceptors (Lipinski definition) is 2. The monoisotopic (exact) mass is 212 g/mol. The van der Waals surface area contributed by atoms with Crippen LogP contribution in [0.2, 0.25) is 0 Å². The summed E-state index contributed by atoms with van der Waals surface area (Å²) in [7, 11) is 0. The molecule has 0 aliphatic carbocycles. The molecule has 0 bridgehead atoms. The topological polar surface area (TPSA) is 34.9 Å². The molecule has 0 fully saturated rings. The van der Waals surface area contributed by atoms with Crippen LogP contribution in [0.5, 0.6) is 0 Å². The molecule has 76 valence electrons. The van der Waals surface area contributed by atoms with Crippen molar-refractivity contribution in [3.63, 3.8) is 0 Å². The predicted octanol–water partition coefficient (Wildman–Crippen LogP) is 1.99. The van der Waals surface area contributed by atoms with Crippen LogP contribution in [0.3, 0.4) is 0 Å². The quantitative estimate of drug-likeness (QED) is 0.565. The molecule has 1 aromatic rings. The molecule has 4 heteroatoms. The lowest BCUT2D eigenvalue weighted by atomic mass is 10.1. The normalized spacial score (nSPS) is 10.2. The molecule has 0 N–H and O–H groups in total. The summed E-state index contributed by atoms with van der Waals surface area (Å²) >= 11 is 5.35. The van der Waals surface area contributed by atoms with Crippen LogP contribution >= 0.6 is 11.6 Å². The van der Waals surface area contributed by atoms with Crippen molar-refractivity contribution >= 4 is 16.8 Å². The highest BCUT2D eigenvalue weighted by molar-refractivity contribution is 6.63. The Kier molecular flexibility index (Phi) is 3.47. The van der Waals surface area contributed by atoms with Crippen molar-refractivity contribution in [2.45, 2.75) is 26.8 Å². The molecule has 0 aromatic carbocycles. The van der Waals surface area contributed by atoms with Gasteiger partial charge >= 0.3 is 0 Å². The molecular formula is C10H13ClN2O. The van der Waals surface area contributed by atoms with E-state index in [0.29, 0.717) is 6.54 Å². The van der Waals surface area contributed by atoms with E-state index in [1.807, 2.05) is 18.5 Å². The maximum absolute atomic E-state index is 10.8. The number of rotatable bonds is 4. The molecule has 0 radical (unpaired) electrons. The number of aromatic nitrogens is 2. The molecule has 0 amide bonds. The lowest BCUT2D eigenvalue weighted by Crippen LogP contribution is -2.01. The lowest BCUT2D eigenvalue weighted by molar-refractivity contribution is -0.111. The van der Waals surface area contributed by atoms with Gasteiger partial charge in [-0.3, -0.25) is 9.48 Å². The minimum atomic E-state index is -0.352. The van der Waals surface area contributed by atoms with Gasteiger partial charge in [-0.05, 0) is 25.4 Å². The number of carbonyl (C=O) groups excluding carboxylic acids is 1. The summed E-state index contributed by atoms with van der Waals surface area (Å²) in [5.74, 6) is 0. The molecule has 0 aliphatic heterocycles. The summed E-state index contributed by atoms with van der Waals surface area (Å²) in [6, 6.07) is 0. The van der Waals surface area contributed by atoms with Gasteiger partial charge in [0.05, 0.1) is 18.7 Å². The third kappa shape index (κ3) is 2.23. The lowest BCUT2D eigenvalue weighted by Gasteiger charge is -2.00. The first-order valence-corrected chi connectivity index (χ1v) is 4.76. The zero-order chi connectivity index (χ0) is 10.7. The van der Waals surface area contributed by atoms with Gasteiger partial charge < -0.3 is 0 Å². The van der Waals surface area contributed by atoms with Crippen molar-refractivity contribution in [3.8, 4) is 0 Å². The van der Waals surface area contributed by atoms with Crippen LogP contribution in [-0.4, -0.2) is 15.0 Å². The summed E-state index contributed by atoms with van der Waals surface area (Å²) in [5.41, 5.74) is 2.77. The first kappa shape index (κ1) is 11.0. The van der Waals surface area contributed by atoms with Gasteiger partial charge in [0.15, 0.2) is 0 Å². The number of hydrogen-bond donors (Lipinski definition) is 0. The zero-order valence-corrected chi connectivity index (χ0v) is 9.14. The molecule has 0 atom stereocenters. The van der Waals surface area contributed by atoms with Gasteiger partial charge in [0.1, 0.15) is 0 Å². The van der Waals surface area contributed by atoms with Crippen LogP contribution in [0.25, 0.3) is 0 Å². The molecule has 1 aromatic heterocycles. The van der Waals surface area contributed by atoms with Gasteiger partial charge in [0, 0.05) is 11.3 Å². The second-order valence-corrected chi connectivity index (χ2v) is 3.57. The fourth-order valence-corrected chi connectivity index (χ4v) is 1.56. The molecule has 0 unspecified atom stereocenters. The van der Waals surface area contributed by atoms with E-state index in [9.17, 15) is 4.79 Å². The Morgan fingerprint density at radius 2 is 2.29 bits per heavy atom. The fourth-order valence-electron chi connectivity index (χ4n) is 1.43. The van der Waals surface area contributed by atoms with Crippen molar-refractivity contribution in [2.75, 3.05) is 0 Å². The molecule has 0 saturated heterocycles. The maximum atomic E-state index is 10.8. The number of halogens is 1. The summed E-state index contributed by atoms with van der Waals surface area (Å²) in [6.07, 6.45) is 2.02. The van der Waals surface area contributed by atoms with E-state index >= 15 is 0 Å². The minimum Gasteiger partial charge on any atom is -0.281 e. The SMILES string of the molecule is C=CCn1nc(C)c(CC(=O)Cl)c1C. The van der Waals surface area contributed by atoms with Crippen LogP contribution in [0.4, 0.5) is 0 Å². The first-order valence-electron chi connectivity index (χ1n) is 4.38. The van der Waals surface area contributed by atoms with Crippen molar-refractivity contribution in [3.05, 3.63) is 29.6 Å². The van der Waals surface area contributed by atoms with Crippen LogP contribution in [0.1, 0.15) is 17.0 Å². The molecule has 3 nitrogen and oxygen atoms in total. The number of allylic oxidation sites excluding steroid dienone is 1. The van der Waals surface area contributed by atoms with E-state index in [1.54, 1.807) is 6.08 Å². The van der Waals surface area contributed by atoms with Crippen LogP contribution in [0, 0.1) is 13.8 Å². The number of nitrogens with zero attached hydrogens (tertiary/aromatic N) is 2. The van der Waals surface area contributed by atoms with Crippen LogP contribution < -0.4 is 0 Å². The highest BCUT2D eigenvalue weighted by Crippen LogP contribution is 2.14. The number of carbonyl (C=O) groups is 1. The molecule has 14 heavy (non-hydrogen) atoms. The second-order valence-electron chi connectivity index (χ2n) is 3.15. The van der Waals surface area contributed by atoms with E-state index in [1.165, 1.54) is 0 Å². The Balaban J connectivity index is 3.04. The van der Waals surface area contributed by atoms with Gasteiger partial charge in [-0.25, -0.2) is 0 Å². The minimum absolute atomic E-state index is 0.246. The third-order valence-electron chi connectivity index (χ3n) is 2.15. The first-order chi connectivity index (χ1) is 6.56. The molecule has 0 saturated carbocycles. The fraction of sp³-hybridized carbons (Fsp3) is 0.400. The van der Waals surface area contributed by atoms with E-state index < -0.39 is 0 Å². The highest BCUT2D eigenvalue weighted by atomic mass is 35.5. The van der Waals surface area contributed by atoms with Crippen LogP contribution in [-0.2, 0) is 17.8 Å². The van der Waals surface area contributed by atoms with Crippen LogP contribution in [0.15, 0.2) is 12.7 Å².